The van der Waals surface area contributed by atoms with Crippen molar-refractivity contribution >= 4 is 17.3 Å². The van der Waals surface area contributed by atoms with E-state index in [1.807, 2.05) is 0 Å². The van der Waals surface area contributed by atoms with Crippen LogP contribution in [0.2, 0.25) is 0 Å². The Bertz CT molecular complexity index is 671. The van der Waals surface area contributed by atoms with E-state index in [4.69, 9.17) is 4.52 Å². The van der Waals surface area contributed by atoms with Crippen molar-refractivity contribution in [2.75, 3.05) is 5.32 Å². The normalized spacial score (nSPS) is 10.3. The molecule has 7 heteroatoms. The highest BCUT2D eigenvalue weighted by Crippen LogP contribution is 2.26. The first-order valence-corrected chi connectivity index (χ1v) is 5.90. The zero-order chi connectivity index (χ0) is 14.9. The molecule has 0 unspecified atom stereocenters. The molecular weight excluding hydrogens is 262 g/mol. The van der Waals surface area contributed by atoms with Gasteiger partial charge in [-0.15, -0.1) is 0 Å². The number of benzene rings is 1. The summed E-state index contributed by atoms with van der Waals surface area (Å²) in [4.78, 5) is 22.5. The van der Waals surface area contributed by atoms with Gasteiger partial charge in [0.15, 0.2) is 0 Å². The number of nitro benzene ring substituents is 1. The lowest BCUT2D eigenvalue weighted by atomic mass is 10.1. The molecule has 7 nitrogen and oxygen atoms in total. The molecule has 1 heterocycles. The highest BCUT2D eigenvalue weighted by atomic mass is 16.6. The van der Waals surface area contributed by atoms with Gasteiger partial charge in [0.25, 0.3) is 11.6 Å². The van der Waals surface area contributed by atoms with Crippen LogP contribution in [0.3, 0.4) is 0 Å². The van der Waals surface area contributed by atoms with E-state index < -0.39 is 10.8 Å². The van der Waals surface area contributed by atoms with Gasteiger partial charge in [0.1, 0.15) is 11.3 Å². The van der Waals surface area contributed by atoms with Crippen molar-refractivity contribution in [1.29, 1.82) is 0 Å². The zero-order valence-electron chi connectivity index (χ0n) is 11.3. The minimum Gasteiger partial charge on any atom is -0.361 e. The molecule has 0 bridgehead atoms. The van der Waals surface area contributed by atoms with Crippen LogP contribution >= 0.6 is 0 Å². The van der Waals surface area contributed by atoms with Gasteiger partial charge in [-0.25, -0.2) is 0 Å². The molecule has 0 aliphatic rings. The lowest BCUT2D eigenvalue weighted by Crippen LogP contribution is -2.14. The average Bonchev–Trinajstić information content (AvgIpc) is 2.71. The van der Waals surface area contributed by atoms with Crippen molar-refractivity contribution in [2.24, 2.45) is 0 Å². The van der Waals surface area contributed by atoms with Gasteiger partial charge in [-0.3, -0.25) is 14.9 Å². The Morgan fingerprint density at radius 1 is 1.35 bits per heavy atom. The predicted octanol–water partition coefficient (Wildman–Crippen LogP) is 2.76. The number of nitrogens with zero attached hydrogens (tertiary/aromatic N) is 2. The highest BCUT2D eigenvalue weighted by Gasteiger charge is 2.20. The number of rotatable bonds is 3. The SMILES string of the molecule is Cc1noc(C)c1C(=O)Nc1cccc([N+](=O)[O-])c1C. The summed E-state index contributed by atoms with van der Waals surface area (Å²) in [6.45, 7) is 4.88. The van der Waals surface area contributed by atoms with Gasteiger partial charge in [0.2, 0.25) is 0 Å². The van der Waals surface area contributed by atoms with Crippen LogP contribution in [0.15, 0.2) is 22.7 Å². The van der Waals surface area contributed by atoms with E-state index in [2.05, 4.69) is 10.5 Å². The summed E-state index contributed by atoms with van der Waals surface area (Å²) in [6, 6.07) is 4.52. The minimum absolute atomic E-state index is 0.0402. The van der Waals surface area contributed by atoms with Crippen LogP contribution in [0.4, 0.5) is 11.4 Å². The van der Waals surface area contributed by atoms with Crippen LogP contribution in [-0.4, -0.2) is 16.0 Å². The van der Waals surface area contributed by atoms with Crippen molar-refractivity contribution < 1.29 is 14.2 Å². The topological polar surface area (TPSA) is 98.3 Å². The fourth-order valence-electron chi connectivity index (χ4n) is 1.95. The summed E-state index contributed by atoms with van der Waals surface area (Å²) >= 11 is 0. The van der Waals surface area contributed by atoms with Crippen LogP contribution in [-0.2, 0) is 0 Å². The fourth-order valence-corrected chi connectivity index (χ4v) is 1.95. The molecule has 20 heavy (non-hydrogen) atoms. The highest BCUT2D eigenvalue weighted by molar-refractivity contribution is 6.06. The number of carbonyl (C=O) groups is 1. The molecule has 0 aliphatic carbocycles. The molecule has 0 spiro atoms. The summed E-state index contributed by atoms with van der Waals surface area (Å²) in [5.74, 6) is 0.00734. The van der Waals surface area contributed by atoms with Crippen molar-refractivity contribution in [3.63, 3.8) is 0 Å². The third-order valence-electron chi connectivity index (χ3n) is 3.01. The lowest BCUT2D eigenvalue weighted by molar-refractivity contribution is -0.385. The number of aromatic nitrogens is 1. The van der Waals surface area contributed by atoms with Crippen molar-refractivity contribution in [2.45, 2.75) is 20.8 Å². The smallest absolute Gasteiger partial charge is 0.274 e. The number of nitro groups is 1. The number of aryl methyl sites for hydroxylation is 2. The maximum absolute atomic E-state index is 12.2. The monoisotopic (exact) mass is 275 g/mol. The summed E-state index contributed by atoms with van der Waals surface area (Å²) in [5, 5.41) is 17.2. The summed E-state index contributed by atoms with van der Waals surface area (Å²) in [5.41, 5.74) is 1.57. The minimum atomic E-state index is -0.485. The van der Waals surface area contributed by atoms with E-state index in [9.17, 15) is 14.9 Å². The average molecular weight is 275 g/mol. The quantitative estimate of drug-likeness (QED) is 0.686. The lowest BCUT2D eigenvalue weighted by Gasteiger charge is -2.08. The van der Waals surface area contributed by atoms with Gasteiger partial charge < -0.3 is 9.84 Å². The van der Waals surface area contributed by atoms with Crippen molar-refractivity contribution in [3.8, 4) is 0 Å². The Morgan fingerprint density at radius 3 is 2.60 bits per heavy atom. The number of carbonyl (C=O) groups excluding carboxylic acids is 1. The first-order chi connectivity index (χ1) is 9.41. The van der Waals surface area contributed by atoms with E-state index in [-0.39, 0.29) is 5.69 Å². The fraction of sp³-hybridized carbons (Fsp3) is 0.231. The number of anilines is 1. The molecule has 0 aliphatic heterocycles. The van der Waals surface area contributed by atoms with Crippen LogP contribution in [0, 0.1) is 30.9 Å². The van der Waals surface area contributed by atoms with Crippen LogP contribution in [0.5, 0.6) is 0 Å². The third kappa shape index (κ3) is 2.37. The van der Waals surface area contributed by atoms with Gasteiger partial charge in [-0.2, -0.15) is 0 Å². The first-order valence-electron chi connectivity index (χ1n) is 5.90. The Kier molecular flexibility index (Phi) is 3.51. The first kappa shape index (κ1) is 13.7. The Labute approximate surface area is 114 Å². The molecule has 0 saturated carbocycles. The predicted molar refractivity (Wildman–Crippen MR) is 71.8 cm³/mol. The molecule has 2 rings (SSSR count). The Balaban J connectivity index is 2.34. The van der Waals surface area contributed by atoms with Crippen LogP contribution in [0.1, 0.15) is 27.4 Å². The molecule has 0 atom stereocenters. The summed E-state index contributed by atoms with van der Waals surface area (Å²) in [6.07, 6.45) is 0. The number of amides is 1. The molecule has 104 valence electrons. The zero-order valence-corrected chi connectivity index (χ0v) is 11.3. The van der Waals surface area contributed by atoms with E-state index >= 15 is 0 Å². The molecule has 1 N–H and O–H groups in total. The summed E-state index contributed by atoms with van der Waals surface area (Å²) < 4.78 is 4.93. The molecule has 0 radical (unpaired) electrons. The molecule has 0 fully saturated rings. The van der Waals surface area contributed by atoms with E-state index in [1.54, 1.807) is 26.8 Å². The maximum atomic E-state index is 12.2. The Hall–Kier alpha value is -2.70. The van der Waals surface area contributed by atoms with Gasteiger partial charge >= 0.3 is 0 Å². The van der Waals surface area contributed by atoms with Gasteiger partial charge in [0, 0.05) is 6.07 Å². The van der Waals surface area contributed by atoms with Crippen LogP contribution in [0.25, 0.3) is 0 Å². The van der Waals surface area contributed by atoms with Crippen molar-refractivity contribution in [3.05, 3.63) is 50.9 Å². The van der Waals surface area contributed by atoms with E-state index in [0.29, 0.717) is 28.3 Å². The molecule has 1 amide bonds. The standard InChI is InChI=1S/C13H13N3O4/c1-7-10(5-4-6-11(7)16(18)19)14-13(17)12-8(2)15-20-9(12)3/h4-6H,1-3H3,(H,14,17). The van der Waals surface area contributed by atoms with Crippen molar-refractivity contribution in [1.82, 2.24) is 5.16 Å². The third-order valence-corrected chi connectivity index (χ3v) is 3.01. The van der Waals surface area contributed by atoms with Gasteiger partial charge in [-0.05, 0) is 26.8 Å². The number of nitrogens with one attached hydrogen (secondary N) is 1. The second kappa shape index (κ2) is 5.12. The largest absolute Gasteiger partial charge is 0.361 e. The molecule has 0 saturated heterocycles. The second-order valence-electron chi connectivity index (χ2n) is 4.36. The molecule has 1 aromatic carbocycles. The van der Waals surface area contributed by atoms with Crippen LogP contribution < -0.4 is 5.32 Å². The Morgan fingerprint density at radius 2 is 2.05 bits per heavy atom. The maximum Gasteiger partial charge on any atom is 0.274 e. The molecular formula is C13H13N3O4. The van der Waals surface area contributed by atoms with E-state index in [1.165, 1.54) is 12.1 Å². The number of hydrogen-bond acceptors (Lipinski definition) is 5. The number of hydrogen-bond donors (Lipinski definition) is 1. The summed E-state index contributed by atoms with van der Waals surface area (Å²) in [7, 11) is 0. The molecule has 1 aromatic heterocycles. The molecule has 2 aromatic rings. The second-order valence-corrected chi connectivity index (χ2v) is 4.36. The van der Waals surface area contributed by atoms with Gasteiger partial charge in [-0.1, -0.05) is 11.2 Å². The van der Waals surface area contributed by atoms with Gasteiger partial charge in [0.05, 0.1) is 21.9 Å². The van der Waals surface area contributed by atoms with E-state index in [0.717, 1.165) is 0 Å².